The number of carbonyl (C=O) groups excluding carboxylic acids is 1. The van der Waals surface area contributed by atoms with Gasteiger partial charge in [-0.05, 0) is 6.92 Å². The Hall–Kier alpha value is -3.16. The van der Waals surface area contributed by atoms with Crippen LogP contribution in [-0.4, -0.2) is 10.7 Å². The number of anilines is 1. The Balaban J connectivity index is 2.64. The van der Waals surface area contributed by atoms with Crippen molar-refractivity contribution in [1.29, 1.82) is 0 Å². The topological polar surface area (TPSA) is 72.2 Å². The quantitative estimate of drug-likeness (QED) is 0.390. The maximum atomic E-state index is 14.4. The molecule has 8 heteroatoms. The summed E-state index contributed by atoms with van der Waals surface area (Å²) in [6.07, 6.45) is 1.08. The minimum atomic E-state index is -1.50. The van der Waals surface area contributed by atoms with Crippen molar-refractivity contribution in [2.24, 2.45) is 0 Å². The normalized spacial score (nSPS) is 10.8. The van der Waals surface area contributed by atoms with Crippen LogP contribution in [0.2, 0.25) is 0 Å². The van der Waals surface area contributed by atoms with Gasteiger partial charge in [0, 0.05) is 11.1 Å². The second kappa shape index (κ2) is 6.95. The van der Waals surface area contributed by atoms with Gasteiger partial charge in [-0.15, -0.1) is 0 Å². The molecule has 0 spiro atoms. The molecule has 0 atom stereocenters. The van der Waals surface area contributed by atoms with Crippen LogP contribution in [0.3, 0.4) is 0 Å². The second-order valence-electron chi connectivity index (χ2n) is 4.76. The van der Waals surface area contributed by atoms with Crippen molar-refractivity contribution in [3.05, 3.63) is 87.0 Å². The Kier molecular flexibility index (Phi) is 4.98. The van der Waals surface area contributed by atoms with E-state index in [9.17, 15) is 28.1 Å². The number of halogens is 3. The van der Waals surface area contributed by atoms with Crippen LogP contribution in [0.1, 0.15) is 21.5 Å². The third-order valence-electron chi connectivity index (χ3n) is 3.23. The van der Waals surface area contributed by atoms with Crippen LogP contribution in [0.25, 0.3) is 0 Å². The van der Waals surface area contributed by atoms with Crippen LogP contribution in [-0.2, 0) is 0 Å². The lowest BCUT2D eigenvalue weighted by Crippen LogP contribution is -2.13. The lowest BCUT2D eigenvalue weighted by Gasteiger charge is -2.14. The van der Waals surface area contributed by atoms with Crippen molar-refractivity contribution in [3.8, 4) is 0 Å². The van der Waals surface area contributed by atoms with Crippen molar-refractivity contribution in [3.63, 3.8) is 0 Å². The molecule has 0 unspecified atom stereocenters. The number of ketones is 1. The first-order valence-electron chi connectivity index (χ1n) is 6.68. The lowest BCUT2D eigenvalue weighted by atomic mass is 9.98. The monoisotopic (exact) mass is 336 g/mol. The molecule has 124 valence electrons. The molecule has 0 amide bonds. The summed E-state index contributed by atoms with van der Waals surface area (Å²) in [6, 6.07) is 7.45. The van der Waals surface area contributed by atoms with Crippen LogP contribution in [0.15, 0.2) is 42.7 Å². The van der Waals surface area contributed by atoms with Crippen LogP contribution < -0.4 is 5.32 Å². The molecule has 0 saturated carbocycles. The van der Waals surface area contributed by atoms with Crippen LogP contribution >= 0.6 is 0 Å². The van der Waals surface area contributed by atoms with E-state index in [0.717, 1.165) is 6.92 Å². The predicted molar refractivity (Wildman–Crippen MR) is 80.7 cm³/mol. The number of hydrogen-bond acceptors (Lipinski definition) is 4. The Bertz CT molecular complexity index is 836. The predicted octanol–water partition coefficient (Wildman–Crippen LogP) is 3.80. The highest BCUT2D eigenvalue weighted by molar-refractivity contribution is 6.12. The third kappa shape index (κ3) is 3.27. The molecule has 0 aromatic heterocycles. The molecule has 0 fully saturated rings. The fourth-order valence-electron chi connectivity index (χ4n) is 2.04. The average Bonchev–Trinajstić information content (AvgIpc) is 2.57. The van der Waals surface area contributed by atoms with Crippen LogP contribution in [0, 0.1) is 34.5 Å². The van der Waals surface area contributed by atoms with E-state index in [0.29, 0.717) is 12.4 Å². The van der Waals surface area contributed by atoms with E-state index in [2.05, 4.69) is 5.32 Å². The van der Waals surface area contributed by atoms with Crippen LogP contribution in [0.4, 0.5) is 18.9 Å². The highest BCUT2D eigenvalue weighted by Crippen LogP contribution is 2.31. The van der Waals surface area contributed by atoms with Crippen molar-refractivity contribution < 1.29 is 22.9 Å². The fraction of sp³-hybridized carbons (Fsp3) is 0.0625. The summed E-state index contributed by atoms with van der Waals surface area (Å²) in [5.41, 5.74) is -2.13. The Morgan fingerprint density at radius 1 is 1.12 bits per heavy atom. The van der Waals surface area contributed by atoms with E-state index in [1.807, 2.05) is 0 Å². The highest BCUT2D eigenvalue weighted by atomic mass is 19.2. The number of nitrogens with one attached hydrogen (secondary N) is 1. The number of rotatable bonds is 5. The summed E-state index contributed by atoms with van der Waals surface area (Å²) >= 11 is 0. The number of hydrogen-bond donors (Lipinski definition) is 1. The zero-order valence-corrected chi connectivity index (χ0v) is 12.3. The average molecular weight is 336 g/mol. The molecule has 1 N–H and O–H groups in total. The van der Waals surface area contributed by atoms with E-state index in [-0.39, 0.29) is 5.56 Å². The van der Waals surface area contributed by atoms with Gasteiger partial charge in [-0.25, -0.2) is 13.2 Å². The summed E-state index contributed by atoms with van der Waals surface area (Å²) in [5, 5.41) is 12.3. The molecular formula is C16H11F3N2O3. The van der Waals surface area contributed by atoms with Gasteiger partial charge in [0.25, 0.3) is 0 Å². The van der Waals surface area contributed by atoms with Gasteiger partial charge in [0.2, 0.25) is 6.20 Å². The van der Waals surface area contributed by atoms with E-state index in [1.165, 1.54) is 24.3 Å². The maximum Gasteiger partial charge on any atom is 0.250 e. The van der Waals surface area contributed by atoms with Crippen molar-refractivity contribution in [2.45, 2.75) is 6.92 Å². The molecule has 0 aliphatic carbocycles. The molecule has 0 radical (unpaired) electrons. The van der Waals surface area contributed by atoms with E-state index < -0.39 is 45.0 Å². The number of benzene rings is 2. The summed E-state index contributed by atoms with van der Waals surface area (Å²) < 4.78 is 42.3. The third-order valence-corrected chi connectivity index (χ3v) is 3.23. The molecule has 0 bridgehead atoms. The van der Waals surface area contributed by atoms with E-state index in [4.69, 9.17) is 0 Å². The maximum absolute atomic E-state index is 14.4. The lowest BCUT2D eigenvalue weighted by molar-refractivity contribution is -0.402. The van der Waals surface area contributed by atoms with Gasteiger partial charge in [0.1, 0.15) is 5.82 Å². The van der Waals surface area contributed by atoms with Gasteiger partial charge < -0.3 is 5.32 Å². The molecule has 2 aromatic carbocycles. The highest BCUT2D eigenvalue weighted by Gasteiger charge is 2.27. The molecule has 2 rings (SSSR count). The number of nitrogens with zero attached hydrogens (tertiary/aromatic N) is 1. The van der Waals surface area contributed by atoms with Gasteiger partial charge in [0.15, 0.2) is 17.4 Å². The molecule has 0 aliphatic heterocycles. The van der Waals surface area contributed by atoms with Gasteiger partial charge in [-0.2, -0.15) is 0 Å². The van der Waals surface area contributed by atoms with E-state index in [1.54, 1.807) is 6.07 Å². The first-order chi connectivity index (χ1) is 11.3. The van der Waals surface area contributed by atoms with Gasteiger partial charge in [-0.1, -0.05) is 30.3 Å². The number of nitro groups is 1. The van der Waals surface area contributed by atoms with E-state index >= 15 is 0 Å². The molecular weight excluding hydrogens is 325 g/mol. The van der Waals surface area contributed by atoms with Gasteiger partial charge in [0.05, 0.1) is 22.4 Å². The first kappa shape index (κ1) is 17.2. The largest absolute Gasteiger partial charge is 0.353 e. The summed E-state index contributed by atoms with van der Waals surface area (Å²) in [7, 11) is 0. The number of carbonyl (C=O) groups is 1. The standard InChI is InChI=1S/C16H11F3N2O3/c1-9-12(17)11(16(22)10-5-3-2-4-6-10)15(14(19)13(9)18)20-7-8-21(23)24/h2-8,20H,1H3. The molecule has 5 nitrogen and oxygen atoms in total. The van der Waals surface area contributed by atoms with Crippen molar-refractivity contribution in [2.75, 3.05) is 5.32 Å². The SMILES string of the molecule is Cc1c(F)c(F)c(NC=C[N+](=O)[O-])c(C(=O)c2ccccc2)c1F. The minimum Gasteiger partial charge on any atom is -0.353 e. The Labute approximate surface area is 134 Å². The molecule has 0 aliphatic rings. The summed E-state index contributed by atoms with van der Waals surface area (Å²) in [5.74, 6) is -5.10. The zero-order chi connectivity index (χ0) is 17.9. The Morgan fingerprint density at radius 3 is 2.33 bits per heavy atom. The van der Waals surface area contributed by atoms with Gasteiger partial charge in [-0.3, -0.25) is 14.9 Å². The van der Waals surface area contributed by atoms with Crippen molar-refractivity contribution in [1.82, 2.24) is 0 Å². The zero-order valence-electron chi connectivity index (χ0n) is 12.3. The minimum absolute atomic E-state index is 0.0584. The van der Waals surface area contributed by atoms with Crippen molar-refractivity contribution >= 4 is 11.5 Å². The second-order valence-corrected chi connectivity index (χ2v) is 4.76. The summed E-state index contributed by atoms with van der Waals surface area (Å²) in [6.45, 7) is 0.992. The Morgan fingerprint density at radius 2 is 1.75 bits per heavy atom. The molecule has 24 heavy (non-hydrogen) atoms. The smallest absolute Gasteiger partial charge is 0.250 e. The molecule has 0 heterocycles. The molecule has 2 aromatic rings. The summed E-state index contributed by atoms with van der Waals surface area (Å²) in [4.78, 5) is 21.9. The van der Waals surface area contributed by atoms with Crippen LogP contribution in [0.5, 0.6) is 0 Å². The first-order valence-corrected chi connectivity index (χ1v) is 6.68. The molecule has 0 saturated heterocycles. The fourth-order valence-corrected chi connectivity index (χ4v) is 2.04. The van der Waals surface area contributed by atoms with Gasteiger partial charge >= 0.3 is 0 Å².